The Hall–Kier alpha value is -1.36. The van der Waals surface area contributed by atoms with Crippen LogP contribution in [0.4, 0.5) is 13.2 Å². The van der Waals surface area contributed by atoms with E-state index in [1.54, 1.807) is 12.1 Å². The number of carbonyl (C=O) groups is 1. The van der Waals surface area contributed by atoms with Crippen LogP contribution in [0.2, 0.25) is 9.36 Å². The summed E-state index contributed by atoms with van der Waals surface area (Å²) in [6.45, 7) is 3.30. The first kappa shape index (κ1) is 24.8. The summed E-state index contributed by atoms with van der Waals surface area (Å²) in [6.07, 6.45) is -3.11. The molecule has 2 atom stereocenters. The van der Waals surface area contributed by atoms with E-state index in [9.17, 15) is 23.1 Å². The summed E-state index contributed by atoms with van der Waals surface area (Å²) in [4.78, 5) is 14.6. The summed E-state index contributed by atoms with van der Waals surface area (Å²) < 4.78 is 49.7. The number of hydrogen-bond acceptors (Lipinski definition) is 6. The zero-order valence-electron chi connectivity index (χ0n) is 17.7. The molecule has 0 unspecified atom stereocenters. The van der Waals surface area contributed by atoms with Crippen LogP contribution >= 0.6 is 34.5 Å². The number of likely N-dealkylation sites (tertiary alicyclic amines) is 1. The highest BCUT2D eigenvalue weighted by Crippen LogP contribution is 2.50. The normalized spacial score (nSPS) is 23.5. The molecular weight excluding hydrogens is 502 g/mol. The predicted molar refractivity (Wildman–Crippen MR) is 119 cm³/mol. The standard InChI is InChI=1S/C22H22Cl2F3NO4S/c1-12-9-21(18-14(5-8-31-21)15(11-29)19(24)33-18)6-7-28(12)10-13-3-2-4-16(23)17(13)32-20(30)22(25,26)27/h2-4,12,29H,5-11H2,1H3/t12-,21+/m0/s1. The Kier molecular flexibility index (Phi) is 7.02. The van der Waals surface area contributed by atoms with Crippen molar-refractivity contribution in [1.82, 2.24) is 4.90 Å². The molecule has 2 aliphatic rings. The van der Waals surface area contributed by atoms with Crippen LogP contribution in [0.1, 0.15) is 41.3 Å². The average molecular weight is 524 g/mol. The van der Waals surface area contributed by atoms with Crippen LogP contribution in [0.15, 0.2) is 18.2 Å². The largest absolute Gasteiger partial charge is 0.491 e. The summed E-state index contributed by atoms with van der Waals surface area (Å²) >= 11 is 13.9. The summed E-state index contributed by atoms with van der Waals surface area (Å²) in [5.41, 5.74) is 1.72. The summed E-state index contributed by atoms with van der Waals surface area (Å²) in [7, 11) is 0. The minimum atomic E-state index is -5.12. The van der Waals surface area contributed by atoms with Gasteiger partial charge in [0.2, 0.25) is 0 Å². The van der Waals surface area contributed by atoms with Crippen LogP contribution in [-0.4, -0.2) is 41.3 Å². The molecule has 33 heavy (non-hydrogen) atoms. The molecule has 0 amide bonds. The highest BCUT2D eigenvalue weighted by molar-refractivity contribution is 7.16. The van der Waals surface area contributed by atoms with E-state index in [-0.39, 0.29) is 30.0 Å². The van der Waals surface area contributed by atoms with E-state index in [2.05, 4.69) is 9.64 Å². The minimum Gasteiger partial charge on any atom is -0.418 e. The Balaban J connectivity index is 1.55. The van der Waals surface area contributed by atoms with Crippen LogP contribution in [0, 0.1) is 0 Å². The number of piperidine rings is 1. The van der Waals surface area contributed by atoms with Gasteiger partial charge in [0.15, 0.2) is 5.75 Å². The first-order valence-corrected chi connectivity index (χ1v) is 12.0. The van der Waals surface area contributed by atoms with Crippen LogP contribution < -0.4 is 4.74 Å². The molecule has 180 valence electrons. The SMILES string of the molecule is C[C@H]1C[C@@]2(CCN1Cc1cccc(Cl)c1OC(=O)C(F)(F)F)OCCc1c2sc(Cl)c1CO. The third-order valence-corrected chi connectivity index (χ3v) is 8.27. The second kappa shape index (κ2) is 9.36. The number of esters is 1. The first-order chi connectivity index (χ1) is 15.6. The maximum absolute atomic E-state index is 12.7. The zero-order chi connectivity index (χ0) is 24.0. The number of para-hydroxylation sites is 1. The lowest BCUT2D eigenvalue weighted by atomic mass is 9.81. The molecule has 0 radical (unpaired) electrons. The van der Waals surface area contributed by atoms with Gasteiger partial charge >= 0.3 is 12.1 Å². The predicted octanol–water partition coefficient (Wildman–Crippen LogP) is 5.47. The van der Waals surface area contributed by atoms with Gasteiger partial charge in [0, 0.05) is 35.1 Å². The summed E-state index contributed by atoms with van der Waals surface area (Å²) in [6, 6.07) is 4.60. The Morgan fingerprint density at radius 3 is 2.82 bits per heavy atom. The molecule has 1 fully saturated rings. The van der Waals surface area contributed by atoms with E-state index >= 15 is 0 Å². The van der Waals surface area contributed by atoms with E-state index in [1.165, 1.54) is 17.4 Å². The van der Waals surface area contributed by atoms with Crippen LogP contribution in [0.3, 0.4) is 0 Å². The van der Waals surface area contributed by atoms with Gasteiger partial charge in [-0.2, -0.15) is 13.2 Å². The number of thiophene rings is 1. The van der Waals surface area contributed by atoms with Crippen molar-refractivity contribution in [3.05, 3.63) is 49.1 Å². The molecule has 3 heterocycles. The number of carbonyl (C=O) groups excluding carboxylic acids is 1. The Labute approximate surface area is 203 Å². The molecule has 4 rings (SSSR count). The van der Waals surface area contributed by atoms with Crippen molar-refractivity contribution in [1.29, 1.82) is 0 Å². The molecule has 2 aromatic rings. The number of aliphatic hydroxyl groups is 1. The van der Waals surface area contributed by atoms with Crippen molar-refractivity contribution >= 4 is 40.5 Å². The fourth-order valence-corrected chi connectivity index (χ4v) is 6.57. The Morgan fingerprint density at radius 1 is 1.39 bits per heavy atom. The van der Waals surface area contributed by atoms with Gasteiger partial charge in [0.05, 0.1) is 22.6 Å². The Bertz CT molecular complexity index is 1060. The number of hydrogen-bond donors (Lipinski definition) is 1. The lowest BCUT2D eigenvalue weighted by Gasteiger charge is -2.47. The van der Waals surface area contributed by atoms with Gasteiger partial charge in [-0.25, -0.2) is 4.79 Å². The second-order valence-corrected chi connectivity index (χ2v) is 10.3. The second-order valence-electron chi connectivity index (χ2n) is 8.30. The van der Waals surface area contributed by atoms with Crippen LogP contribution in [-0.2, 0) is 34.7 Å². The average Bonchev–Trinajstić information content (AvgIpc) is 3.08. The monoisotopic (exact) mass is 523 g/mol. The molecule has 1 N–H and O–H groups in total. The van der Waals surface area contributed by atoms with Crippen LogP contribution in [0.5, 0.6) is 5.75 Å². The summed E-state index contributed by atoms with van der Waals surface area (Å²) in [5.74, 6) is -2.58. The highest BCUT2D eigenvalue weighted by atomic mass is 35.5. The highest BCUT2D eigenvalue weighted by Gasteiger charge is 2.46. The van der Waals surface area contributed by atoms with Crippen molar-refractivity contribution in [2.24, 2.45) is 0 Å². The molecule has 0 aliphatic carbocycles. The van der Waals surface area contributed by atoms with E-state index in [0.717, 1.165) is 16.0 Å². The van der Waals surface area contributed by atoms with Crippen LogP contribution in [0.25, 0.3) is 0 Å². The maximum atomic E-state index is 12.7. The van der Waals surface area contributed by atoms with E-state index in [4.69, 9.17) is 27.9 Å². The summed E-state index contributed by atoms with van der Waals surface area (Å²) in [5, 5.41) is 9.67. The molecule has 11 heteroatoms. The van der Waals surface area contributed by atoms with E-state index in [1.807, 2.05) is 6.92 Å². The molecule has 1 spiro atoms. The molecule has 1 aromatic heterocycles. The van der Waals surface area contributed by atoms with Gasteiger partial charge in [0.1, 0.15) is 5.60 Å². The number of benzene rings is 1. The van der Waals surface area contributed by atoms with Gasteiger partial charge in [0.25, 0.3) is 0 Å². The molecule has 1 saturated heterocycles. The smallest absolute Gasteiger partial charge is 0.418 e. The minimum absolute atomic E-state index is 0.00769. The number of halogens is 5. The van der Waals surface area contributed by atoms with Crippen molar-refractivity contribution in [3.8, 4) is 5.75 Å². The fourth-order valence-electron chi connectivity index (χ4n) is 4.66. The number of rotatable bonds is 4. The molecule has 2 aliphatic heterocycles. The quantitative estimate of drug-likeness (QED) is 0.425. The third kappa shape index (κ3) is 4.76. The van der Waals surface area contributed by atoms with E-state index < -0.39 is 17.7 Å². The van der Waals surface area contributed by atoms with E-state index in [0.29, 0.717) is 42.3 Å². The van der Waals surface area contributed by atoms with Gasteiger partial charge in [-0.1, -0.05) is 35.3 Å². The van der Waals surface area contributed by atoms with Crippen molar-refractivity contribution in [2.45, 2.75) is 57.2 Å². The van der Waals surface area contributed by atoms with Crippen molar-refractivity contribution < 1.29 is 32.5 Å². The molecule has 5 nitrogen and oxygen atoms in total. The topological polar surface area (TPSA) is 59.0 Å². The number of fused-ring (bicyclic) bond motifs is 2. The molecular formula is C22H22Cl2F3NO4S. The lowest BCUT2D eigenvalue weighted by Crippen LogP contribution is -2.50. The van der Waals surface area contributed by atoms with Crippen molar-refractivity contribution in [2.75, 3.05) is 13.2 Å². The number of aliphatic hydroxyl groups excluding tert-OH is 1. The van der Waals surface area contributed by atoms with Gasteiger partial charge in [-0.15, -0.1) is 11.3 Å². The first-order valence-electron chi connectivity index (χ1n) is 10.4. The third-order valence-electron chi connectivity index (χ3n) is 6.27. The van der Waals surface area contributed by atoms with Gasteiger partial charge in [-0.3, -0.25) is 4.90 Å². The fraction of sp³-hybridized carbons (Fsp3) is 0.500. The Morgan fingerprint density at radius 2 is 2.15 bits per heavy atom. The molecule has 1 aromatic carbocycles. The van der Waals surface area contributed by atoms with Gasteiger partial charge < -0.3 is 14.6 Å². The lowest BCUT2D eigenvalue weighted by molar-refractivity contribution is -0.189. The maximum Gasteiger partial charge on any atom is 0.491 e. The molecule has 0 bridgehead atoms. The van der Waals surface area contributed by atoms with Gasteiger partial charge in [-0.05, 0) is 37.8 Å². The number of alkyl halides is 3. The van der Waals surface area contributed by atoms with Crippen molar-refractivity contribution in [3.63, 3.8) is 0 Å². The number of ether oxygens (including phenoxy) is 2. The zero-order valence-corrected chi connectivity index (χ0v) is 20.0. The molecule has 0 saturated carbocycles. The number of nitrogens with zero attached hydrogens (tertiary/aromatic N) is 1.